The van der Waals surface area contributed by atoms with Gasteiger partial charge in [-0.25, -0.2) is 0 Å². The van der Waals surface area contributed by atoms with Crippen LogP contribution in [0.1, 0.15) is 0 Å². The zero-order chi connectivity index (χ0) is 14.5. The van der Waals surface area contributed by atoms with Crippen molar-refractivity contribution < 1.29 is 9.66 Å². The molecule has 0 aliphatic carbocycles. The van der Waals surface area contributed by atoms with Crippen molar-refractivity contribution in [2.75, 3.05) is 25.6 Å². The van der Waals surface area contributed by atoms with Gasteiger partial charge in [0.25, 0.3) is 0 Å². The van der Waals surface area contributed by atoms with Crippen LogP contribution in [0.4, 0.5) is 11.4 Å². The largest absolute Gasteiger partial charge is 0.490 e. The summed E-state index contributed by atoms with van der Waals surface area (Å²) in [7, 11) is 3.35. The summed E-state index contributed by atoms with van der Waals surface area (Å²) in [5, 5.41) is 15.0. The lowest BCUT2D eigenvalue weighted by molar-refractivity contribution is -0.385. The molecule has 1 heterocycles. The van der Waals surface area contributed by atoms with E-state index >= 15 is 0 Å². The molecule has 0 N–H and O–H groups in total. The molecule has 0 fully saturated rings. The summed E-state index contributed by atoms with van der Waals surface area (Å²) in [5.74, 6) is 0.262. The highest BCUT2D eigenvalue weighted by molar-refractivity contribution is 5.58. The lowest BCUT2D eigenvalue weighted by Crippen LogP contribution is -2.22. The Kier molecular flexibility index (Phi) is 4.19. The molecule has 0 aliphatic heterocycles. The van der Waals surface area contributed by atoms with Gasteiger partial charge in [0.05, 0.1) is 18.6 Å². The fraction of sp³-hybridized carbons (Fsp3) is 0.308. The van der Waals surface area contributed by atoms with Crippen LogP contribution in [-0.4, -0.2) is 35.4 Å². The molecule has 0 spiro atoms. The average molecular weight is 276 g/mol. The number of hydrogen-bond donors (Lipinski definition) is 0. The van der Waals surface area contributed by atoms with Gasteiger partial charge in [0.15, 0.2) is 5.75 Å². The maximum Gasteiger partial charge on any atom is 0.311 e. The first-order valence-corrected chi connectivity index (χ1v) is 6.13. The molecule has 0 saturated heterocycles. The highest BCUT2D eigenvalue weighted by Gasteiger charge is 2.15. The van der Waals surface area contributed by atoms with E-state index in [0.717, 1.165) is 18.8 Å². The number of nitrogens with zero attached hydrogens (tertiary/aromatic N) is 4. The van der Waals surface area contributed by atoms with Crippen molar-refractivity contribution in [3.63, 3.8) is 0 Å². The number of anilines is 1. The second-order valence-corrected chi connectivity index (χ2v) is 4.30. The van der Waals surface area contributed by atoms with Gasteiger partial charge in [-0.15, -0.1) is 0 Å². The van der Waals surface area contributed by atoms with Crippen LogP contribution in [0.3, 0.4) is 0 Å². The van der Waals surface area contributed by atoms with Gasteiger partial charge in [-0.2, -0.15) is 5.10 Å². The number of nitro groups is 1. The quantitative estimate of drug-likeness (QED) is 0.595. The monoisotopic (exact) mass is 276 g/mol. The Balaban J connectivity index is 2.09. The average Bonchev–Trinajstić information content (AvgIpc) is 2.97. The van der Waals surface area contributed by atoms with Gasteiger partial charge < -0.3 is 9.64 Å². The summed E-state index contributed by atoms with van der Waals surface area (Å²) >= 11 is 0. The van der Waals surface area contributed by atoms with Crippen molar-refractivity contribution >= 4 is 11.4 Å². The van der Waals surface area contributed by atoms with E-state index in [1.165, 1.54) is 13.2 Å². The molecule has 7 nitrogen and oxygen atoms in total. The standard InChI is InChI=1S/C13H16N4O3/c1-15(8-9-16-7-3-6-14-16)11-4-5-12(17(18)19)13(10-11)20-2/h3-7,10H,8-9H2,1-2H3. The zero-order valence-corrected chi connectivity index (χ0v) is 11.4. The van der Waals surface area contributed by atoms with Gasteiger partial charge in [-0.3, -0.25) is 14.8 Å². The third kappa shape index (κ3) is 3.05. The third-order valence-electron chi connectivity index (χ3n) is 3.02. The van der Waals surface area contributed by atoms with Crippen LogP contribution in [0.15, 0.2) is 36.7 Å². The van der Waals surface area contributed by atoms with Crippen LogP contribution >= 0.6 is 0 Å². The predicted octanol–water partition coefficient (Wildman–Crippen LogP) is 1.94. The smallest absolute Gasteiger partial charge is 0.311 e. The first kappa shape index (κ1) is 13.9. The molecule has 0 unspecified atom stereocenters. The molecule has 2 rings (SSSR count). The molecule has 0 radical (unpaired) electrons. The van der Waals surface area contributed by atoms with Crippen LogP contribution in [0.25, 0.3) is 0 Å². The summed E-state index contributed by atoms with van der Waals surface area (Å²) in [5.41, 5.74) is 0.830. The molecule has 1 aromatic heterocycles. The molecular weight excluding hydrogens is 260 g/mol. The van der Waals surface area contributed by atoms with Gasteiger partial charge in [-0.1, -0.05) is 0 Å². The molecule has 20 heavy (non-hydrogen) atoms. The lowest BCUT2D eigenvalue weighted by atomic mass is 10.2. The van der Waals surface area contributed by atoms with E-state index in [0.29, 0.717) is 0 Å². The van der Waals surface area contributed by atoms with E-state index in [1.54, 1.807) is 18.3 Å². The predicted molar refractivity (Wildman–Crippen MR) is 75.1 cm³/mol. The van der Waals surface area contributed by atoms with Crippen molar-refractivity contribution in [2.24, 2.45) is 0 Å². The maximum atomic E-state index is 10.8. The maximum absolute atomic E-state index is 10.8. The lowest BCUT2D eigenvalue weighted by Gasteiger charge is -2.19. The van der Waals surface area contributed by atoms with Crippen molar-refractivity contribution in [1.82, 2.24) is 9.78 Å². The van der Waals surface area contributed by atoms with E-state index < -0.39 is 4.92 Å². The highest BCUT2D eigenvalue weighted by atomic mass is 16.6. The normalized spacial score (nSPS) is 10.3. The minimum atomic E-state index is -0.452. The molecule has 0 amide bonds. The van der Waals surface area contributed by atoms with Crippen molar-refractivity contribution in [3.05, 3.63) is 46.8 Å². The molecule has 7 heteroatoms. The number of methoxy groups -OCH3 is 1. The Morgan fingerprint density at radius 3 is 2.90 bits per heavy atom. The van der Waals surface area contributed by atoms with Crippen LogP contribution < -0.4 is 9.64 Å². The second kappa shape index (κ2) is 6.05. The van der Waals surface area contributed by atoms with Crippen LogP contribution in [0.5, 0.6) is 5.75 Å². The Bertz CT molecular complexity index is 583. The van der Waals surface area contributed by atoms with Gasteiger partial charge in [-0.05, 0) is 12.1 Å². The van der Waals surface area contributed by atoms with E-state index in [4.69, 9.17) is 4.74 Å². The molecule has 0 saturated carbocycles. The first-order valence-electron chi connectivity index (χ1n) is 6.13. The first-order chi connectivity index (χ1) is 9.61. The number of hydrogen-bond acceptors (Lipinski definition) is 5. The van der Waals surface area contributed by atoms with E-state index in [1.807, 2.05) is 28.9 Å². The summed E-state index contributed by atoms with van der Waals surface area (Å²) in [6, 6.07) is 6.71. The van der Waals surface area contributed by atoms with Crippen LogP contribution in [-0.2, 0) is 6.54 Å². The highest BCUT2D eigenvalue weighted by Crippen LogP contribution is 2.30. The van der Waals surface area contributed by atoms with Crippen molar-refractivity contribution in [2.45, 2.75) is 6.54 Å². The summed E-state index contributed by atoms with van der Waals surface area (Å²) in [6.07, 6.45) is 3.62. The van der Waals surface area contributed by atoms with Gasteiger partial charge in [0.2, 0.25) is 0 Å². The van der Waals surface area contributed by atoms with Crippen molar-refractivity contribution in [3.8, 4) is 5.75 Å². The molecule has 0 atom stereocenters. The number of rotatable bonds is 6. The fourth-order valence-electron chi connectivity index (χ4n) is 1.87. The van der Waals surface area contributed by atoms with Crippen LogP contribution in [0, 0.1) is 10.1 Å². The Morgan fingerprint density at radius 1 is 1.50 bits per heavy atom. The van der Waals surface area contributed by atoms with Crippen molar-refractivity contribution in [1.29, 1.82) is 0 Å². The Hall–Kier alpha value is -2.57. The molecule has 106 valence electrons. The van der Waals surface area contributed by atoms with Crippen LogP contribution in [0.2, 0.25) is 0 Å². The number of aromatic nitrogens is 2. The molecule has 2 aromatic rings. The van der Waals surface area contributed by atoms with Gasteiger partial charge in [0, 0.05) is 43.8 Å². The SMILES string of the molecule is COc1cc(N(C)CCn2cccn2)ccc1[N+](=O)[O-]. The fourth-order valence-corrected chi connectivity index (χ4v) is 1.87. The van der Waals surface area contributed by atoms with Gasteiger partial charge >= 0.3 is 5.69 Å². The summed E-state index contributed by atoms with van der Waals surface area (Å²) in [6.45, 7) is 1.48. The van der Waals surface area contributed by atoms with E-state index in [9.17, 15) is 10.1 Å². The molecular formula is C13H16N4O3. The van der Waals surface area contributed by atoms with E-state index in [2.05, 4.69) is 5.10 Å². The van der Waals surface area contributed by atoms with E-state index in [-0.39, 0.29) is 11.4 Å². The number of likely N-dealkylation sites (N-methyl/N-ethyl adjacent to an activating group) is 1. The Morgan fingerprint density at radius 2 is 2.30 bits per heavy atom. The zero-order valence-electron chi connectivity index (χ0n) is 11.4. The third-order valence-corrected chi connectivity index (χ3v) is 3.02. The minimum Gasteiger partial charge on any atom is -0.490 e. The molecule has 0 bridgehead atoms. The Labute approximate surface area is 116 Å². The number of ether oxygens (including phenoxy) is 1. The summed E-state index contributed by atoms with van der Waals surface area (Å²) in [4.78, 5) is 12.4. The number of nitro benzene ring substituents is 1. The summed E-state index contributed by atoms with van der Waals surface area (Å²) < 4.78 is 6.89. The second-order valence-electron chi connectivity index (χ2n) is 4.30. The van der Waals surface area contributed by atoms with Gasteiger partial charge in [0.1, 0.15) is 0 Å². The minimum absolute atomic E-state index is 0.0308. The topological polar surface area (TPSA) is 73.4 Å². The number of benzene rings is 1. The molecule has 1 aromatic carbocycles. The molecule has 0 aliphatic rings.